The summed E-state index contributed by atoms with van der Waals surface area (Å²) < 4.78 is 0. The van der Waals surface area contributed by atoms with E-state index in [9.17, 15) is 4.79 Å². The molecule has 0 unspecified atom stereocenters. The van der Waals surface area contributed by atoms with Gasteiger partial charge in [-0.2, -0.15) is 0 Å². The van der Waals surface area contributed by atoms with Gasteiger partial charge in [-0.3, -0.25) is 0 Å². The number of carboxylic acid groups (broad SMARTS) is 1. The summed E-state index contributed by atoms with van der Waals surface area (Å²) in [4.78, 5) is 10.3. The molecule has 0 aliphatic heterocycles. The van der Waals surface area contributed by atoms with E-state index < -0.39 is 5.97 Å². The molecule has 0 saturated carbocycles. The molecule has 98 valence electrons. The monoisotopic (exact) mass is 247 g/mol. The Morgan fingerprint density at radius 2 is 1.89 bits per heavy atom. The van der Waals surface area contributed by atoms with Crippen LogP contribution in [0.4, 0.5) is 0 Å². The average Bonchev–Trinajstić information content (AvgIpc) is 2.29. The molecule has 1 rings (SSSR count). The van der Waals surface area contributed by atoms with Gasteiger partial charge in [-0.15, -0.1) is 0 Å². The van der Waals surface area contributed by atoms with Crippen molar-refractivity contribution in [2.45, 2.75) is 27.2 Å². The molecule has 18 heavy (non-hydrogen) atoms. The molecule has 1 aromatic rings. The molecule has 0 aliphatic rings. The molecule has 0 amide bonds. The molecule has 3 heteroatoms. The standard InChI is InChI=1S/C15H21NO2/c1-11-9-13(3)14(10-12(11)2)6-8-16-7-4-5-15(17)18/h4-5,9-10,16H,6-8H2,1-3H3,(H,17,18)/b5-4+. The van der Waals surface area contributed by atoms with E-state index >= 15 is 0 Å². The van der Waals surface area contributed by atoms with Gasteiger partial charge in [0, 0.05) is 12.6 Å². The number of benzene rings is 1. The highest BCUT2D eigenvalue weighted by Crippen LogP contribution is 2.15. The van der Waals surface area contributed by atoms with E-state index in [1.54, 1.807) is 6.08 Å². The van der Waals surface area contributed by atoms with E-state index in [2.05, 4.69) is 38.2 Å². The summed E-state index contributed by atoms with van der Waals surface area (Å²) in [5.74, 6) is -0.901. The molecule has 0 aromatic heterocycles. The Kier molecular flexibility index (Phi) is 5.59. The second-order valence-electron chi connectivity index (χ2n) is 4.56. The fourth-order valence-corrected chi connectivity index (χ4v) is 1.86. The van der Waals surface area contributed by atoms with Crippen LogP contribution in [0.5, 0.6) is 0 Å². The molecule has 0 radical (unpaired) electrons. The molecule has 0 atom stereocenters. The van der Waals surface area contributed by atoms with Crippen molar-refractivity contribution >= 4 is 5.97 Å². The third-order valence-corrected chi connectivity index (χ3v) is 3.05. The third kappa shape index (κ3) is 4.72. The summed E-state index contributed by atoms with van der Waals surface area (Å²) in [6.45, 7) is 7.83. The van der Waals surface area contributed by atoms with Crippen LogP contribution in [-0.2, 0) is 11.2 Å². The maximum absolute atomic E-state index is 10.3. The van der Waals surface area contributed by atoms with E-state index in [0.29, 0.717) is 6.54 Å². The van der Waals surface area contributed by atoms with Crippen molar-refractivity contribution < 1.29 is 9.90 Å². The SMILES string of the molecule is Cc1cc(C)c(CCNC/C=C/C(=O)O)cc1C. The first-order valence-corrected chi connectivity index (χ1v) is 6.17. The first-order valence-electron chi connectivity index (χ1n) is 6.17. The Morgan fingerprint density at radius 3 is 2.56 bits per heavy atom. The summed E-state index contributed by atoms with van der Waals surface area (Å²) in [6, 6.07) is 4.45. The van der Waals surface area contributed by atoms with Crippen LogP contribution in [0.2, 0.25) is 0 Å². The average molecular weight is 247 g/mol. The Balaban J connectivity index is 2.40. The van der Waals surface area contributed by atoms with Gasteiger partial charge in [0.05, 0.1) is 0 Å². The summed E-state index contributed by atoms with van der Waals surface area (Å²) in [6.07, 6.45) is 3.75. The minimum absolute atomic E-state index is 0.593. The lowest BCUT2D eigenvalue weighted by atomic mass is 9.99. The van der Waals surface area contributed by atoms with Gasteiger partial charge in [-0.05, 0) is 56.0 Å². The molecule has 0 spiro atoms. The first kappa shape index (κ1) is 14.5. The topological polar surface area (TPSA) is 49.3 Å². The number of hydrogen-bond acceptors (Lipinski definition) is 2. The van der Waals surface area contributed by atoms with Crippen molar-refractivity contribution in [1.29, 1.82) is 0 Å². The smallest absolute Gasteiger partial charge is 0.328 e. The molecule has 0 saturated heterocycles. The van der Waals surface area contributed by atoms with Gasteiger partial charge < -0.3 is 10.4 Å². The highest BCUT2D eigenvalue weighted by molar-refractivity contribution is 5.79. The second kappa shape index (κ2) is 6.97. The van der Waals surface area contributed by atoms with Gasteiger partial charge >= 0.3 is 5.97 Å². The van der Waals surface area contributed by atoms with Crippen LogP contribution in [0.25, 0.3) is 0 Å². The largest absolute Gasteiger partial charge is 0.478 e. The van der Waals surface area contributed by atoms with Crippen molar-refractivity contribution in [1.82, 2.24) is 5.32 Å². The quantitative estimate of drug-likeness (QED) is 0.599. The van der Waals surface area contributed by atoms with E-state index in [1.165, 1.54) is 22.3 Å². The second-order valence-corrected chi connectivity index (χ2v) is 4.56. The van der Waals surface area contributed by atoms with Gasteiger partial charge in [0.2, 0.25) is 0 Å². The number of rotatable bonds is 6. The lowest BCUT2D eigenvalue weighted by Crippen LogP contribution is -2.17. The van der Waals surface area contributed by atoms with E-state index in [-0.39, 0.29) is 0 Å². The molecule has 2 N–H and O–H groups in total. The zero-order valence-corrected chi connectivity index (χ0v) is 11.3. The molecule has 0 heterocycles. The van der Waals surface area contributed by atoms with Crippen LogP contribution in [-0.4, -0.2) is 24.2 Å². The predicted octanol–water partition coefficient (Wildman–Crippen LogP) is 2.38. The lowest BCUT2D eigenvalue weighted by molar-refractivity contribution is -0.131. The molecule has 3 nitrogen and oxygen atoms in total. The number of carbonyl (C=O) groups is 1. The lowest BCUT2D eigenvalue weighted by Gasteiger charge is -2.10. The van der Waals surface area contributed by atoms with Crippen molar-refractivity contribution in [3.63, 3.8) is 0 Å². The fourth-order valence-electron chi connectivity index (χ4n) is 1.86. The van der Waals surface area contributed by atoms with Gasteiger partial charge in [-0.25, -0.2) is 4.79 Å². The Labute approximate surface area is 109 Å². The minimum Gasteiger partial charge on any atom is -0.478 e. The minimum atomic E-state index is -0.901. The maximum atomic E-state index is 10.3. The van der Waals surface area contributed by atoms with Crippen LogP contribution in [0.1, 0.15) is 22.3 Å². The van der Waals surface area contributed by atoms with Crippen LogP contribution in [0.3, 0.4) is 0 Å². The maximum Gasteiger partial charge on any atom is 0.328 e. The number of aryl methyl sites for hydroxylation is 3. The van der Waals surface area contributed by atoms with Gasteiger partial charge in [0.15, 0.2) is 0 Å². The highest BCUT2D eigenvalue weighted by Gasteiger charge is 2.01. The molecular weight excluding hydrogens is 226 g/mol. The summed E-state index contributed by atoms with van der Waals surface area (Å²) in [5.41, 5.74) is 5.32. The number of hydrogen-bond donors (Lipinski definition) is 2. The Hall–Kier alpha value is -1.61. The Morgan fingerprint density at radius 1 is 1.22 bits per heavy atom. The van der Waals surface area contributed by atoms with Crippen molar-refractivity contribution in [2.24, 2.45) is 0 Å². The fraction of sp³-hybridized carbons (Fsp3) is 0.400. The molecule has 1 aromatic carbocycles. The van der Waals surface area contributed by atoms with Crippen LogP contribution in [0, 0.1) is 20.8 Å². The van der Waals surface area contributed by atoms with Crippen LogP contribution in [0.15, 0.2) is 24.3 Å². The van der Waals surface area contributed by atoms with Crippen molar-refractivity contribution in [3.8, 4) is 0 Å². The summed E-state index contributed by atoms with van der Waals surface area (Å²) in [5, 5.41) is 11.6. The van der Waals surface area contributed by atoms with Gasteiger partial charge in [0.1, 0.15) is 0 Å². The van der Waals surface area contributed by atoms with Crippen LogP contribution < -0.4 is 5.32 Å². The van der Waals surface area contributed by atoms with Crippen LogP contribution >= 0.6 is 0 Å². The van der Waals surface area contributed by atoms with Gasteiger partial charge in [-0.1, -0.05) is 18.2 Å². The number of carboxylic acids is 1. The van der Waals surface area contributed by atoms with Crippen molar-refractivity contribution in [2.75, 3.05) is 13.1 Å². The number of aliphatic carboxylic acids is 1. The molecular formula is C15H21NO2. The van der Waals surface area contributed by atoms with E-state index in [1.807, 2.05) is 0 Å². The van der Waals surface area contributed by atoms with E-state index in [4.69, 9.17) is 5.11 Å². The van der Waals surface area contributed by atoms with Crippen molar-refractivity contribution in [3.05, 3.63) is 46.5 Å². The highest BCUT2D eigenvalue weighted by atomic mass is 16.4. The summed E-state index contributed by atoms with van der Waals surface area (Å²) in [7, 11) is 0. The zero-order valence-electron chi connectivity index (χ0n) is 11.3. The predicted molar refractivity (Wildman–Crippen MR) is 74.0 cm³/mol. The molecule has 0 fully saturated rings. The molecule has 0 bridgehead atoms. The van der Waals surface area contributed by atoms with E-state index in [0.717, 1.165) is 19.0 Å². The first-order chi connectivity index (χ1) is 8.50. The molecule has 0 aliphatic carbocycles. The summed E-state index contributed by atoms with van der Waals surface area (Å²) >= 11 is 0. The third-order valence-electron chi connectivity index (χ3n) is 3.05. The van der Waals surface area contributed by atoms with Gasteiger partial charge in [0.25, 0.3) is 0 Å². The number of nitrogens with one attached hydrogen (secondary N) is 1. The Bertz CT molecular complexity index is 450. The zero-order chi connectivity index (χ0) is 13.5. The normalized spacial score (nSPS) is 11.1.